The van der Waals surface area contributed by atoms with Crippen LogP contribution in [0.5, 0.6) is 0 Å². The molecule has 10 aromatic rings. The van der Waals surface area contributed by atoms with Gasteiger partial charge in [-0.2, -0.15) is 0 Å². The fraction of sp³-hybridized carbons (Fsp3) is 0.286. The zero-order chi connectivity index (χ0) is 40.7. The Bertz CT molecular complexity index is 2910. The van der Waals surface area contributed by atoms with Crippen molar-refractivity contribution < 1.29 is 0 Å². The molecule has 0 aliphatic carbocycles. The third kappa shape index (κ3) is 6.71. The van der Waals surface area contributed by atoms with Gasteiger partial charge < -0.3 is 18.3 Å². The lowest BCUT2D eigenvalue weighted by atomic mass is 9.99. The van der Waals surface area contributed by atoms with E-state index in [0.717, 1.165) is 24.9 Å². The van der Waals surface area contributed by atoms with E-state index in [1.54, 1.807) is 0 Å². The Balaban J connectivity index is 1.02. The van der Waals surface area contributed by atoms with Crippen LogP contribution in [0.15, 0.2) is 146 Å². The quantitative estimate of drug-likeness (QED) is 0.0986. The van der Waals surface area contributed by atoms with E-state index in [2.05, 4.69) is 192 Å². The summed E-state index contributed by atoms with van der Waals surface area (Å²) in [6.45, 7) is 11.5. The van der Waals surface area contributed by atoms with Gasteiger partial charge in [0, 0.05) is 80.2 Å². The van der Waals surface area contributed by atoms with Crippen LogP contribution in [0.25, 0.3) is 87.9 Å². The standard InChI is InChI=1S/C56H58N4/c1-5-9-15-39(7-3)37-57-31-29-43-33-45(23-27-51(43)57)59-53-19-13-11-17-47(53)49-35-41(21-25-55(49)59)42-22-26-56-50(36-42)48-18-12-14-20-54(48)60(56)46-24-28-52-44(34-46)30-32-58(52)38-40(8-4)16-10-6-2/h11-14,17-36,39-40H,5-10,15-16,37-38H2,1-4H3. The number of aromatic nitrogens is 4. The zero-order valence-electron chi connectivity index (χ0n) is 35.9. The first-order valence-electron chi connectivity index (χ1n) is 22.8. The summed E-state index contributed by atoms with van der Waals surface area (Å²) >= 11 is 0. The first-order chi connectivity index (χ1) is 29.6. The molecule has 6 aromatic carbocycles. The summed E-state index contributed by atoms with van der Waals surface area (Å²) in [7, 11) is 0. The second-order valence-electron chi connectivity index (χ2n) is 17.4. The Hall–Kier alpha value is -6.00. The number of nitrogens with zero attached hydrogens (tertiary/aromatic N) is 4. The number of rotatable bonds is 15. The Morgan fingerprint density at radius 2 is 0.817 bits per heavy atom. The molecule has 2 atom stereocenters. The van der Waals surface area contributed by atoms with Crippen molar-refractivity contribution >= 4 is 65.4 Å². The lowest BCUT2D eigenvalue weighted by Gasteiger charge is -2.16. The van der Waals surface area contributed by atoms with Crippen LogP contribution in [0.4, 0.5) is 0 Å². The summed E-state index contributed by atoms with van der Waals surface area (Å²) < 4.78 is 9.86. The Morgan fingerprint density at radius 3 is 1.25 bits per heavy atom. The molecule has 4 aromatic heterocycles. The second kappa shape index (κ2) is 16.2. The van der Waals surface area contributed by atoms with Gasteiger partial charge >= 0.3 is 0 Å². The minimum atomic E-state index is 0.721. The van der Waals surface area contributed by atoms with Gasteiger partial charge in [-0.05, 0) is 121 Å². The van der Waals surface area contributed by atoms with Crippen molar-refractivity contribution in [1.82, 2.24) is 18.3 Å². The average Bonchev–Trinajstić information content (AvgIpc) is 4.06. The molecular formula is C56H58N4. The minimum absolute atomic E-state index is 0.721. The van der Waals surface area contributed by atoms with Gasteiger partial charge in [0.15, 0.2) is 0 Å². The highest BCUT2D eigenvalue weighted by Crippen LogP contribution is 2.39. The monoisotopic (exact) mass is 786 g/mol. The third-order valence-electron chi connectivity index (χ3n) is 13.7. The van der Waals surface area contributed by atoms with Crippen molar-refractivity contribution in [2.75, 3.05) is 0 Å². The Labute approximate surface area is 354 Å². The molecule has 4 heterocycles. The molecule has 60 heavy (non-hydrogen) atoms. The van der Waals surface area contributed by atoms with Gasteiger partial charge in [0.05, 0.1) is 22.1 Å². The van der Waals surface area contributed by atoms with Gasteiger partial charge in [-0.25, -0.2) is 0 Å². The fourth-order valence-electron chi connectivity index (χ4n) is 10.2. The highest BCUT2D eigenvalue weighted by atomic mass is 15.0. The van der Waals surface area contributed by atoms with E-state index in [0.29, 0.717) is 0 Å². The molecule has 0 aliphatic heterocycles. The molecule has 0 N–H and O–H groups in total. The molecule has 10 rings (SSSR count). The molecule has 2 unspecified atom stereocenters. The van der Waals surface area contributed by atoms with Crippen molar-refractivity contribution in [3.05, 3.63) is 146 Å². The van der Waals surface area contributed by atoms with E-state index in [9.17, 15) is 0 Å². The second-order valence-corrected chi connectivity index (χ2v) is 17.4. The van der Waals surface area contributed by atoms with Crippen LogP contribution in [0.2, 0.25) is 0 Å². The number of hydrogen-bond donors (Lipinski definition) is 0. The summed E-state index contributed by atoms with van der Waals surface area (Å²) in [5.41, 5.74) is 12.5. The molecular weight excluding hydrogens is 729 g/mol. The summed E-state index contributed by atoms with van der Waals surface area (Å²) in [6.07, 6.45) is 14.8. The number of para-hydroxylation sites is 2. The van der Waals surface area contributed by atoms with Gasteiger partial charge in [0.2, 0.25) is 0 Å². The number of fused-ring (bicyclic) bond motifs is 8. The van der Waals surface area contributed by atoms with Crippen LogP contribution in [0, 0.1) is 11.8 Å². The van der Waals surface area contributed by atoms with Gasteiger partial charge in [-0.1, -0.05) is 115 Å². The predicted molar refractivity (Wildman–Crippen MR) is 258 cm³/mol. The van der Waals surface area contributed by atoms with Gasteiger partial charge in [0.1, 0.15) is 0 Å². The van der Waals surface area contributed by atoms with Crippen molar-refractivity contribution in [3.63, 3.8) is 0 Å². The van der Waals surface area contributed by atoms with Gasteiger partial charge in [-0.15, -0.1) is 0 Å². The normalized spacial score (nSPS) is 13.2. The largest absolute Gasteiger partial charge is 0.347 e. The van der Waals surface area contributed by atoms with Gasteiger partial charge in [-0.3, -0.25) is 0 Å². The zero-order valence-corrected chi connectivity index (χ0v) is 35.9. The van der Waals surface area contributed by atoms with Crippen LogP contribution in [0.1, 0.15) is 79.1 Å². The molecule has 4 nitrogen and oxygen atoms in total. The molecule has 0 fully saturated rings. The van der Waals surface area contributed by atoms with Crippen LogP contribution >= 0.6 is 0 Å². The molecule has 0 radical (unpaired) electrons. The molecule has 4 heteroatoms. The van der Waals surface area contributed by atoms with E-state index < -0.39 is 0 Å². The predicted octanol–water partition coefficient (Wildman–Crippen LogP) is 15.9. The molecule has 0 spiro atoms. The molecule has 0 saturated heterocycles. The van der Waals surface area contributed by atoms with Crippen LogP contribution < -0.4 is 0 Å². The lowest BCUT2D eigenvalue weighted by molar-refractivity contribution is 0.396. The third-order valence-corrected chi connectivity index (χ3v) is 13.7. The maximum absolute atomic E-state index is 2.48. The summed E-state index contributed by atoms with van der Waals surface area (Å²) in [5, 5.41) is 7.72. The lowest BCUT2D eigenvalue weighted by Crippen LogP contribution is -2.09. The smallest absolute Gasteiger partial charge is 0.0541 e. The maximum atomic E-state index is 2.48. The number of benzene rings is 6. The average molecular weight is 787 g/mol. The summed E-state index contributed by atoms with van der Waals surface area (Å²) in [6, 6.07) is 50.6. The van der Waals surface area contributed by atoms with Crippen molar-refractivity contribution in [2.24, 2.45) is 11.8 Å². The molecule has 0 aliphatic rings. The van der Waals surface area contributed by atoms with E-state index in [1.165, 1.54) is 139 Å². The van der Waals surface area contributed by atoms with E-state index in [-0.39, 0.29) is 0 Å². The van der Waals surface area contributed by atoms with Crippen LogP contribution in [0.3, 0.4) is 0 Å². The van der Waals surface area contributed by atoms with E-state index in [4.69, 9.17) is 0 Å². The first-order valence-corrected chi connectivity index (χ1v) is 22.8. The van der Waals surface area contributed by atoms with E-state index >= 15 is 0 Å². The molecule has 0 saturated carbocycles. The summed E-state index contributed by atoms with van der Waals surface area (Å²) in [4.78, 5) is 0. The molecule has 0 amide bonds. The summed E-state index contributed by atoms with van der Waals surface area (Å²) in [5.74, 6) is 1.44. The molecule has 0 bridgehead atoms. The Morgan fingerprint density at radius 1 is 0.400 bits per heavy atom. The molecule has 302 valence electrons. The highest BCUT2D eigenvalue weighted by Gasteiger charge is 2.18. The maximum Gasteiger partial charge on any atom is 0.0541 e. The number of unbranched alkanes of at least 4 members (excludes halogenated alkanes) is 2. The first kappa shape index (κ1) is 38.2. The SMILES string of the molecule is CCCCC(CC)Cn1ccc2cc(-n3c4ccccc4c4cc(-c5ccc6c(c5)c5ccccc5n6-c5ccc6c(ccn6CC(CC)CCCC)c5)ccc43)ccc21. The fourth-order valence-corrected chi connectivity index (χ4v) is 10.2. The highest BCUT2D eigenvalue weighted by molar-refractivity contribution is 6.13. The van der Waals surface area contributed by atoms with Crippen molar-refractivity contribution in [3.8, 4) is 22.5 Å². The minimum Gasteiger partial charge on any atom is -0.347 e. The van der Waals surface area contributed by atoms with Crippen molar-refractivity contribution in [2.45, 2.75) is 92.2 Å². The number of hydrogen-bond acceptors (Lipinski definition) is 0. The van der Waals surface area contributed by atoms with E-state index in [1.807, 2.05) is 0 Å². The topological polar surface area (TPSA) is 19.7 Å². The van der Waals surface area contributed by atoms with Crippen LogP contribution in [-0.4, -0.2) is 18.3 Å². The Kier molecular flexibility index (Phi) is 10.3. The van der Waals surface area contributed by atoms with Crippen molar-refractivity contribution in [1.29, 1.82) is 0 Å². The van der Waals surface area contributed by atoms with Crippen LogP contribution in [-0.2, 0) is 13.1 Å². The van der Waals surface area contributed by atoms with Gasteiger partial charge in [0.25, 0.3) is 0 Å².